The van der Waals surface area contributed by atoms with Crippen LogP contribution in [0.5, 0.6) is 11.5 Å². The zero-order valence-electron chi connectivity index (χ0n) is 33.0. The van der Waals surface area contributed by atoms with E-state index in [4.69, 9.17) is 4.74 Å². The van der Waals surface area contributed by atoms with Gasteiger partial charge in [-0.3, -0.25) is 39.4 Å². The number of imide groups is 2. The predicted octanol–water partition coefficient (Wildman–Crippen LogP) is 7.40. The molecule has 0 saturated carbocycles. The lowest BCUT2D eigenvalue weighted by molar-refractivity contribution is -0.119. The number of anilines is 2. The van der Waals surface area contributed by atoms with Gasteiger partial charge >= 0.3 is 0 Å². The molecule has 0 aliphatic carbocycles. The highest BCUT2D eigenvalue weighted by atomic mass is 32.2. The fourth-order valence-corrected chi connectivity index (χ4v) is 9.71. The Labute approximate surface area is 361 Å². The number of phenols is 1. The molecule has 4 heterocycles. The smallest absolute Gasteiger partial charge is 0.286 e. The second kappa shape index (κ2) is 18.5. The first kappa shape index (κ1) is 41.4. The summed E-state index contributed by atoms with van der Waals surface area (Å²) in [5.74, 6) is 0.146. The molecule has 3 N–H and O–H groups in total. The van der Waals surface area contributed by atoms with E-state index in [1.165, 1.54) is 0 Å². The van der Waals surface area contributed by atoms with Crippen molar-refractivity contribution in [3.05, 3.63) is 154 Å². The third-order valence-corrected chi connectivity index (χ3v) is 12.9. The third kappa shape index (κ3) is 9.50. The summed E-state index contributed by atoms with van der Waals surface area (Å²) in [5.41, 5.74) is 8.05. The van der Waals surface area contributed by atoms with Crippen LogP contribution >= 0.6 is 23.5 Å². The summed E-state index contributed by atoms with van der Waals surface area (Å²) >= 11 is 2.01. The van der Waals surface area contributed by atoms with Gasteiger partial charge in [-0.15, -0.1) is 0 Å². The van der Waals surface area contributed by atoms with E-state index >= 15 is 0 Å². The number of amides is 6. The van der Waals surface area contributed by atoms with Crippen LogP contribution in [-0.2, 0) is 64.6 Å². The quantitative estimate of drug-likeness (QED) is 0.122. The van der Waals surface area contributed by atoms with Crippen LogP contribution in [-0.4, -0.2) is 49.7 Å². The SMILES string of the molecule is O=C1NC(=O)C(Cc2ccc(O)c3c2CCC(=O)N3Cc2ccccc2)S1.O=C1NC(=O)C(Cc2ccc(OCc3ccccc3)c3c2CCC(=O)N3Cc2ccccc2)S1. The van der Waals surface area contributed by atoms with Gasteiger partial charge in [-0.05, 0) is 76.8 Å². The first-order chi connectivity index (χ1) is 29.6. The Morgan fingerprint density at radius 2 is 0.984 bits per heavy atom. The molecule has 0 bridgehead atoms. The Morgan fingerprint density at radius 1 is 0.541 bits per heavy atom. The lowest BCUT2D eigenvalue weighted by Gasteiger charge is -2.33. The van der Waals surface area contributed by atoms with Gasteiger partial charge < -0.3 is 19.6 Å². The van der Waals surface area contributed by atoms with Crippen molar-refractivity contribution in [2.75, 3.05) is 9.80 Å². The molecule has 5 aromatic carbocycles. The molecule has 61 heavy (non-hydrogen) atoms. The number of aromatic hydroxyl groups is 1. The number of nitrogens with zero attached hydrogens (tertiary/aromatic N) is 2. The molecule has 14 heteroatoms. The largest absolute Gasteiger partial charge is 0.506 e. The van der Waals surface area contributed by atoms with Crippen molar-refractivity contribution in [1.82, 2.24) is 10.6 Å². The summed E-state index contributed by atoms with van der Waals surface area (Å²) in [4.78, 5) is 76.3. The zero-order valence-corrected chi connectivity index (χ0v) is 34.6. The Kier molecular flexibility index (Phi) is 12.5. The number of thioether (sulfide) groups is 2. The molecule has 0 aromatic heterocycles. The lowest BCUT2D eigenvalue weighted by Crippen LogP contribution is -2.35. The topological polar surface area (TPSA) is 162 Å². The van der Waals surface area contributed by atoms with E-state index in [0.717, 1.165) is 68.2 Å². The molecule has 6 amide bonds. The average Bonchev–Trinajstić information content (AvgIpc) is 3.77. The molecule has 2 atom stereocenters. The molecule has 2 unspecified atom stereocenters. The molecule has 4 aliphatic rings. The number of rotatable bonds is 11. The highest BCUT2D eigenvalue weighted by Crippen LogP contribution is 2.42. The Bertz CT molecular complexity index is 2500. The van der Waals surface area contributed by atoms with Crippen molar-refractivity contribution < 1.29 is 38.6 Å². The van der Waals surface area contributed by atoms with Crippen molar-refractivity contribution in [1.29, 1.82) is 0 Å². The summed E-state index contributed by atoms with van der Waals surface area (Å²) in [6.07, 6.45) is 2.63. The molecule has 2 saturated heterocycles. The van der Waals surface area contributed by atoms with Crippen molar-refractivity contribution >= 4 is 69.0 Å². The molecule has 12 nitrogen and oxygen atoms in total. The molecule has 9 rings (SSSR count). The highest BCUT2D eigenvalue weighted by molar-refractivity contribution is 8.15. The van der Waals surface area contributed by atoms with Crippen LogP contribution < -0.4 is 25.2 Å². The van der Waals surface area contributed by atoms with Crippen LogP contribution in [0.1, 0.15) is 51.8 Å². The summed E-state index contributed by atoms with van der Waals surface area (Å²) in [7, 11) is 0. The fraction of sp³-hybridized carbons (Fsp3) is 0.234. The molecule has 0 spiro atoms. The number of nitrogens with one attached hydrogen (secondary N) is 2. The van der Waals surface area contributed by atoms with Crippen LogP contribution in [0, 0.1) is 0 Å². The molecular formula is C47H42N4O8S2. The summed E-state index contributed by atoms with van der Waals surface area (Å²) < 4.78 is 6.24. The third-order valence-electron chi connectivity index (χ3n) is 11.0. The number of carbonyl (C=O) groups excluding carboxylic acids is 6. The van der Waals surface area contributed by atoms with Crippen molar-refractivity contribution in [3.8, 4) is 11.5 Å². The number of phenolic OH excluding ortho intramolecular Hbond substituents is 1. The van der Waals surface area contributed by atoms with Gasteiger partial charge in [0, 0.05) is 12.8 Å². The zero-order chi connectivity index (χ0) is 42.5. The number of hydrogen-bond donors (Lipinski definition) is 3. The monoisotopic (exact) mass is 854 g/mol. The molecule has 310 valence electrons. The Morgan fingerprint density at radius 3 is 1.46 bits per heavy atom. The lowest BCUT2D eigenvalue weighted by atomic mass is 9.92. The van der Waals surface area contributed by atoms with Crippen LogP contribution in [0.4, 0.5) is 21.0 Å². The molecule has 5 aromatic rings. The van der Waals surface area contributed by atoms with Gasteiger partial charge in [0.15, 0.2) is 0 Å². The average molecular weight is 855 g/mol. The van der Waals surface area contributed by atoms with E-state index in [1.807, 2.05) is 103 Å². The van der Waals surface area contributed by atoms with E-state index in [2.05, 4.69) is 10.6 Å². The van der Waals surface area contributed by atoms with Gasteiger partial charge in [0.25, 0.3) is 10.5 Å². The first-order valence-electron chi connectivity index (χ1n) is 20.0. The summed E-state index contributed by atoms with van der Waals surface area (Å²) in [5, 5.41) is 13.5. The van der Waals surface area contributed by atoms with Gasteiger partial charge in [0.1, 0.15) is 18.1 Å². The van der Waals surface area contributed by atoms with E-state index in [-0.39, 0.29) is 39.9 Å². The number of benzene rings is 5. The maximum absolute atomic E-state index is 13.1. The minimum Gasteiger partial charge on any atom is -0.506 e. The maximum Gasteiger partial charge on any atom is 0.286 e. The van der Waals surface area contributed by atoms with E-state index in [1.54, 1.807) is 21.9 Å². The number of carbonyl (C=O) groups is 6. The minimum atomic E-state index is -0.480. The summed E-state index contributed by atoms with van der Waals surface area (Å²) in [6, 6.07) is 36.6. The number of hydrogen-bond acceptors (Lipinski definition) is 10. The molecule has 2 fully saturated rings. The van der Waals surface area contributed by atoms with Gasteiger partial charge in [0.2, 0.25) is 23.6 Å². The first-order valence-corrected chi connectivity index (χ1v) is 21.7. The van der Waals surface area contributed by atoms with Gasteiger partial charge in [0.05, 0.1) is 35.0 Å². The fourth-order valence-electron chi connectivity index (χ4n) is 8.02. The van der Waals surface area contributed by atoms with Crippen LogP contribution in [0.25, 0.3) is 0 Å². The van der Waals surface area contributed by atoms with Crippen molar-refractivity contribution in [3.63, 3.8) is 0 Å². The van der Waals surface area contributed by atoms with Crippen molar-refractivity contribution in [2.45, 2.75) is 68.7 Å². The van der Waals surface area contributed by atoms with Crippen LogP contribution in [0.2, 0.25) is 0 Å². The molecule has 0 radical (unpaired) electrons. The summed E-state index contributed by atoms with van der Waals surface area (Å²) in [6.45, 7) is 1.20. The Balaban J connectivity index is 0.000000173. The minimum absolute atomic E-state index is 0.0398. The second-order valence-electron chi connectivity index (χ2n) is 15.0. The van der Waals surface area contributed by atoms with Crippen molar-refractivity contribution in [2.24, 2.45) is 0 Å². The van der Waals surface area contributed by atoms with Gasteiger partial charge in [-0.1, -0.05) is 127 Å². The Hall–Kier alpha value is -6.38. The van der Waals surface area contributed by atoms with Gasteiger partial charge in [-0.25, -0.2) is 0 Å². The molecular weight excluding hydrogens is 813 g/mol. The van der Waals surface area contributed by atoms with E-state index in [0.29, 0.717) is 69.7 Å². The second-order valence-corrected chi connectivity index (χ2v) is 17.4. The molecule has 4 aliphatic heterocycles. The van der Waals surface area contributed by atoms with Crippen LogP contribution in [0.15, 0.2) is 115 Å². The predicted molar refractivity (Wildman–Crippen MR) is 234 cm³/mol. The number of fused-ring (bicyclic) bond motifs is 2. The van der Waals surface area contributed by atoms with E-state index < -0.39 is 10.5 Å². The maximum atomic E-state index is 13.1. The van der Waals surface area contributed by atoms with Gasteiger partial charge in [-0.2, -0.15) is 0 Å². The highest BCUT2D eigenvalue weighted by Gasteiger charge is 2.36. The standard InChI is InChI=1S/C27H24N2O4S.C20H18N2O4S/c30-24-14-12-21-20(15-23-26(31)28-27(32)34-23)11-13-22(33-17-19-9-5-2-6-10-19)25(21)29(24)16-18-7-3-1-4-8-18;23-15-8-6-13(10-16-19(25)21-20(26)27-16)14-7-9-17(24)22(18(14)15)11-12-4-2-1-3-5-12/h1-11,13,23H,12,14-17H2,(H,28,31,32);1-6,8,16,23H,7,9-11H2,(H,21,25,26). The normalized spacial score (nSPS) is 18.2. The van der Waals surface area contributed by atoms with E-state index in [9.17, 15) is 33.9 Å². The number of ether oxygens (including phenoxy) is 1. The van der Waals surface area contributed by atoms with Crippen LogP contribution in [0.3, 0.4) is 0 Å².